The summed E-state index contributed by atoms with van der Waals surface area (Å²) in [5.41, 5.74) is 2.05. The average Bonchev–Trinajstić information content (AvgIpc) is 2.10. The fourth-order valence-electron chi connectivity index (χ4n) is 1.62. The molecular weight excluding hydrogens is 193 g/mol. The van der Waals surface area contributed by atoms with Crippen molar-refractivity contribution in [3.8, 4) is 0 Å². The monoisotopic (exact) mass is 211 g/mol. The van der Waals surface area contributed by atoms with Crippen LogP contribution in [0.3, 0.4) is 0 Å². The Labute approximate surface area is 90.3 Å². The zero-order valence-electron chi connectivity index (χ0n) is 9.50. The van der Waals surface area contributed by atoms with Crippen molar-refractivity contribution in [2.45, 2.75) is 26.5 Å². The molecule has 2 nitrogen and oxygen atoms in total. The molecule has 0 radical (unpaired) electrons. The summed E-state index contributed by atoms with van der Waals surface area (Å²) < 4.78 is 13.0. The van der Waals surface area contributed by atoms with Crippen LogP contribution in [-0.4, -0.2) is 29.7 Å². The van der Waals surface area contributed by atoms with E-state index in [0.717, 1.165) is 11.1 Å². The summed E-state index contributed by atoms with van der Waals surface area (Å²) in [5, 5.41) is 9.21. The topological polar surface area (TPSA) is 23.5 Å². The van der Waals surface area contributed by atoms with Gasteiger partial charge in [-0.1, -0.05) is 6.07 Å². The van der Waals surface area contributed by atoms with Crippen LogP contribution >= 0.6 is 0 Å². The molecule has 0 saturated carbocycles. The maximum atomic E-state index is 13.0. The third-order valence-corrected chi connectivity index (χ3v) is 2.33. The quantitative estimate of drug-likeness (QED) is 0.822. The highest BCUT2D eigenvalue weighted by Gasteiger charge is 2.06. The second kappa shape index (κ2) is 5.24. The predicted molar refractivity (Wildman–Crippen MR) is 59.2 cm³/mol. The van der Waals surface area contributed by atoms with Gasteiger partial charge in [0.15, 0.2) is 0 Å². The minimum absolute atomic E-state index is 0.207. The number of aliphatic hydroxyl groups excluding tert-OH is 1. The van der Waals surface area contributed by atoms with Gasteiger partial charge in [-0.25, -0.2) is 4.39 Å². The highest BCUT2D eigenvalue weighted by molar-refractivity contribution is 5.26. The molecule has 0 saturated heterocycles. The molecule has 0 aliphatic heterocycles. The molecule has 1 unspecified atom stereocenters. The lowest BCUT2D eigenvalue weighted by Crippen LogP contribution is -2.27. The molecule has 1 rings (SSSR count). The van der Waals surface area contributed by atoms with Gasteiger partial charge in [0.1, 0.15) is 5.82 Å². The molecule has 0 aliphatic carbocycles. The van der Waals surface area contributed by atoms with Gasteiger partial charge in [0.2, 0.25) is 0 Å². The lowest BCUT2D eigenvalue weighted by molar-refractivity contribution is 0.138. The maximum Gasteiger partial charge on any atom is 0.123 e. The maximum absolute atomic E-state index is 13.0. The van der Waals surface area contributed by atoms with Gasteiger partial charge in [-0.05, 0) is 44.2 Å². The summed E-state index contributed by atoms with van der Waals surface area (Å²) in [7, 11) is 1.91. The SMILES string of the molecule is Cc1ccc(F)cc1CN(C)CC(C)O. The molecule has 0 amide bonds. The highest BCUT2D eigenvalue weighted by Crippen LogP contribution is 2.12. The largest absolute Gasteiger partial charge is 0.392 e. The minimum atomic E-state index is -0.358. The van der Waals surface area contributed by atoms with Crippen molar-refractivity contribution in [1.82, 2.24) is 4.90 Å². The van der Waals surface area contributed by atoms with Crippen LogP contribution in [0.5, 0.6) is 0 Å². The number of rotatable bonds is 4. The zero-order chi connectivity index (χ0) is 11.4. The van der Waals surface area contributed by atoms with E-state index >= 15 is 0 Å². The summed E-state index contributed by atoms with van der Waals surface area (Å²) in [5.74, 6) is -0.207. The van der Waals surface area contributed by atoms with E-state index in [9.17, 15) is 9.50 Å². The normalized spacial score (nSPS) is 13.2. The van der Waals surface area contributed by atoms with E-state index in [-0.39, 0.29) is 11.9 Å². The van der Waals surface area contributed by atoms with E-state index in [4.69, 9.17) is 0 Å². The molecule has 1 aromatic carbocycles. The van der Waals surface area contributed by atoms with Gasteiger partial charge in [0, 0.05) is 13.1 Å². The van der Waals surface area contributed by atoms with Gasteiger partial charge < -0.3 is 5.11 Å². The van der Waals surface area contributed by atoms with E-state index in [0.29, 0.717) is 13.1 Å². The van der Waals surface area contributed by atoms with Gasteiger partial charge in [-0.3, -0.25) is 4.90 Å². The molecule has 1 atom stereocenters. The van der Waals surface area contributed by atoms with Crippen LogP contribution in [-0.2, 0) is 6.54 Å². The van der Waals surface area contributed by atoms with Crippen LogP contribution in [0.25, 0.3) is 0 Å². The van der Waals surface area contributed by atoms with Crippen molar-refractivity contribution in [1.29, 1.82) is 0 Å². The Kier molecular flexibility index (Phi) is 4.24. The van der Waals surface area contributed by atoms with Gasteiger partial charge in [-0.2, -0.15) is 0 Å². The van der Waals surface area contributed by atoms with Crippen molar-refractivity contribution in [3.05, 3.63) is 35.1 Å². The Morgan fingerprint density at radius 1 is 1.47 bits per heavy atom. The van der Waals surface area contributed by atoms with E-state index in [2.05, 4.69) is 0 Å². The number of hydrogen-bond acceptors (Lipinski definition) is 2. The van der Waals surface area contributed by atoms with Crippen LogP contribution in [0, 0.1) is 12.7 Å². The first-order valence-electron chi connectivity index (χ1n) is 5.10. The molecular formula is C12H18FNO. The summed E-state index contributed by atoms with van der Waals surface area (Å²) >= 11 is 0. The van der Waals surface area contributed by atoms with Crippen molar-refractivity contribution in [3.63, 3.8) is 0 Å². The second-order valence-corrected chi connectivity index (χ2v) is 4.12. The molecule has 0 aliphatic rings. The fourth-order valence-corrected chi connectivity index (χ4v) is 1.62. The summed E-state index contributed by atoms with van der Waals surface area (Å²) in [6, 6.07) is 4.79. The Hall–Kier alpha value is -0.930. The van der Waals surface area contributed by atoms with E-state index in [1.165, 1.54) is 6.07 Å². The number of aliphatic hydroxyl groups is 1. The minimum Gasteiger partial charge on any atom is -0.392 e. The van der Waals surface area contributed by atoms with Gasteiger partial charge >= 0.3 is 0 Å². The highest BCUT2D eigenvalue weighted by atomic mass is 19.1. The Balaban J connectivity index is 2.67. The van der Waals surface area contributed by atoms with Crippen molar-refractivity contribution in [2.75, 3.05) is 13.6 Å². The molecule has 0 bridgehead atoms. The zero-order valence-corrected chi connectivity index (χ0v) is 9.50. The van der Waals surface area contributed by atoms with Crippen LogP contribution in [0.2, 0.25) is 0 Å². The second-order valence-electron chi connectivity index (χ2n) is 4.12. The first-order valence-corrected chi connectivity index (χ1v) is 5.10. The van der Waals surface area contributed by atoms with E-state index in [1.807, 2.05) is 18.9 Å². The number of aryl methyl sites for hydroxylation is 1. The molecule has 0 aromatic heterocycles. The molecule has 0 fully saturated rings. The van der Waals surface area contributed by atoms with Crippen LogP contribution in [0.1, 0.15) is 18.1 Å². The van der Waals surface area contributed by atoms with Crippen molar-refractivity contribution < 1.29 is 9.50 Å². The molecule has 1 aromatic rings. The lowest BCUT2D eigenvalue weighted by Gasteiger charge is -2.19. The van der Waals surface area contributed by atoms with Crippen LogP contribution in [0.15, 0.2) is 18.2 Å². The molecule has 84 valence electrons. The number of halogens is 1. The fraction of sp³-hybridized carbons (Fsp3) is 0.500. The van der Waals surface area contributed by atoms with Gasteiger partial charge in [0.25, 0.3) is 0 Å². The average molecular weight is 211 g/mol. The predicted octanol–water partition coefficient (Wildman–Crippen LogP) is 1.95. The van der Waals surface area contributed by atoms with Gasteiger partial charge in [-0.15, -0.1) is 0 Å². The first-order chi connectivity index (χ1) is 6.99. The Morgan fingerprint density at radius 3 is 2.73 bits per heavy atom. The van der Waals surface area contributed by atoms with E-state index in [1.54, 1.807) is 19.1 Å². The molecule has 0 heterocycles. The van der Waals surface area contributed by atoms with Crippen molar-refractivity contribution >= 4 is 0 Å². The standard InChI is InChI=1S/C12H18FNO/c1-9-4-5-12(13)6-11(9)8-14(3)7-10(2)15/h4-6,10,15H,7-8H2,1-3H3. The molecule has 1 N–H and O–H groups in total. The number of hydrogen-bond donors (Lipinski definition) is 1. The molecule has 3 heteroatoms. The number of likely N-dealkylation sites (N-methyl/N-ethyl adjacent to an activating group) is 1. The Morgan fingerprint density at radius 2 is 2.13 bits per heavy atom. The summed E-state index contributed by atoms with van der Waals surface area (Å²) in [6.45, 7) is 4.96. The van der Waals surface area contributed by atoms with Crippen molar-refractivity contribution in [2.24, 2.45) is 0 Å². The summed E-state index contributed by atoms with van der Waals surface area (Å²) in [4.78, 5) is 1.98. The molecule has 15 heavy (non-hydrogen) atoms. The summed E-state index contributed by atoms with van der Waals surface area (Å²) in [6.07, 6.45) is -0.358. The van der Waals surface area contributed by atoms with Crippen LogP contribution < -0.4 is 0 Å². The lowest BCUT2D eigenvalue weighted by atomic mass is 10.1. The van der Waals surface area contributed by atoms with Crippen LogP contribution in [0.4, 0.5) is 4.39 Å². The smallest absolute Gasteiger partial charge is 0.123 e. The Bertz CT molecular complexity index is 325. The van der Waals surface area contributed by atoms with E-state index < -0.39 is 0 Å². The van der Waals surface area contributed by atoms with Gasteiger partial charge in [0.05, 0.1) is 6.10 Å². The third-order valence-electron chi connectivity index (χ3n) is 2.33. The molecule has 0 spiro atoms. The third kappa shape index (κ3) is 3.98. The number of benzene rings is 1. The first kappa shape index (κ1) is 12.1. The number of nitrogens with zero attached hydrogens (tertiary/aromatic N) is 1.